The lowest BCUT2D eigenvalue weighted by Crippen LogP contribution is -2.14. The van der Waals surface area contributed by atoms with Crippen molar-refractivity contribution in [2.45, 2.75) is 12.6 Å². The minimum Gasteiger partial charge on any atom is -0.364 e. The summed E-state index contributed by atoms with van der Waals surface area (Å²) < 4.78 is 35.3. The molecule has 1 aromatic heterocycles. The Morgan fingerprint density at radius 1 is 1.42 bits per heavy atom. The number of pyridine rings is 1. The molecule has 0 aliphatic rings. The quantitative estimate of drug-likeness (QED) is 0.692. The molecule has 0 atom stereocenters. The summed E-state index contributed by atoms with van der Waals surface area (Å²) in [7, 11) is 0. The van der Waals surface area contributed by atoms with Crippen molar-refractivity contribution in [1.82, 2.24) is 4.98 Å². The molecule has 0 aliphatic heterocycles. The van der Waals surface area contributed by atoms with Gasteiger partial charge < -0.3 is 4.98 Å². The molecule has 12 heavy (non-hydrogen) atoms. The third-order valence-electron chi connectivity index (χ3n) is 1.22. The minimum absolute atomic E-state index is 0.116. The second kappa shape index (κ2) is 3.00. The Morgan fingerprint density at radius 2 is 2.08 bits per heavy atom. The largest absolute Gasteiger partial charge is 0.394 e. The number of rotatable bonds is 1. The Labute approximate surface area is 66.0 Å². The SMILES string of the molecule is O=c1cc[nH]c(CC(F)(F)F)c1. The zero-order valence-electron chi connectivity index (χ0n) is 5.98. The van der Waals surface area contributed by atoms with Crippen LogP contribution in [0, 0.1) is 0 Å². The molecule has 0 bridgehead atoms. The van der Waals surface area contributed by atoms with E-state index in [0.717, 1.165) is 6.07 Å². The summed E-state index contributed by atoms with van der Waals surface area (Å²) in [5.41, 5.74) is -0.539. The van der Waals surface area contributed by atoms with Gasteiger partial charge in [0.2, 0.25) is 0 Å². The van der Waals surface area contributed by atoms with Crippen LogP contribution in [0.15, 0.2) is 23.1 Å². The van der Waals surface area contributed by atoms with Crippen molar-refractivity contribution in [2.75, 3.05) is 0 Å². The highest BCUT2D eigenvalue weighted by Crippen LogP contribution is 2.18. The number of hydrogen-bond donors (Lipinski definition) is 1. The molecule has 0 amide bonds. The Morgan fingerprint density at radius 3 is 2.58 bits per heavy atom. The van der Waals surface area contributed by atoms with E-state index >= 15 is 0 Å². The highest BCUT2D eigenvalue weighted by Gasteiger charge is 2.27. The van der Waals surface area contributed by atoms with E-state index in [4.69, 9.17) is 0 Å². The van der Waals surface area contributed by atoms with Gasteiger partial charge in [-0.3, -0.25) is 4.79 Å². The Bertz CT molecular complexity index is 315. The molecule has 1 aromatic rings. The van der Waals surface area contributed by atoms with Crippen molar-refractivity contribution < 1.29 is 13.2 Å². The molecule has 0 aromatic carbocycles. The van der Waals surface area contributed by atoms with E-state index in [1.165, 1.54) is 12.3 Å². The normalized spacial score (nSPS) is 11.6. The molecule has 0 radical (unpaired) electrons. The number of hydrogen-bond acceptors (Lipinski definition) is 1. The molecule has 0 saturated carbocycles. The average molecular weight is 177 g/mol. The first-order chi connectivity index (χ1) is 5.47. The number of H-pyrrole nitrogens is 1. The summed E-state index contributed by atoms with van der Waals surface area (Å²) in [5.74, 6) is 0. The zero-order chi connectivity index (χ0) is 9.19. The van der Waals surface area contributed by atoms with Crippen LogP contribution in [-0.4, -0.2) is 11.2 Å². The second-order valence-corrected chi connectivity index (χ2v) is 2.34. The van der Waals surface area contributed by atoms with Crippen molar-refractivity contribution in [3.05, 3.63) is 34.2 Å². The molecule has 0 fully saturated rings. The Kier molecular flexibility index (Phi) is 2.21. The van der Waals surface area contributed by atoms with Crippen LogP contribution in [0.3, 0.4) is 0 Å². The minimum atomic E-state index is -4.27. The van der Waals surface area contributed by atoms with Gasteiger partial charge in [0.15, 0.2) is 5.43 Å². The molecule has 1 rings (SSSR count). The van der Waals surface area contributed by atoms with E-state index in [9.17, 15) is 18.0 Å². The molecular weight excluding hydrogens is 171 g/mol. The van der Waals surface area contributed by atoms with Crippen LogP contribution in [0.5, 0.6) is 0 Å². The van der Waals surface area contributed by atoms with Crippen LogP contribution in [-0.2, 0) is 6.42 Å². The number of halogens is 3. The van der Waals surface area contributed by atoms with Crippen LogP contribution < -0.4 is 5.43 Å². The van der Waals surface area contributed by atoms with Gasteiger partial charge in [-0.25, -0.2) is 0 Å². The molecule has 0 unspecified atom stereocenters. The smallest absolute Gasteiger partial charge is 0.364 e. The summed E-state index contributed by atoms with van der Waals surface area (Å²) >= 11 is 0. The van der Waals surface area contributed by atoms with E-state index in [-0.39, 0.29) is 5.69 Å². The van der Waals surface area contributed by atoms with Gasteiger partial charge in [0, 0.05) is 24.0 Å². The monoisotopic (exact) mass is 177 g/mol. The third-order valence-corrected chi connectivity index (χ3v) is 1.22. The van der Waals surface area contributed by atoms with E-state index in [0.29, 0.717) is 0 Å². The fraction of sp³-hybridized carbons (Fsp3) is 0.286. The zero-order valence-corrected chi connectivity index (χ0v) is 5.98. The first-order valence-electron chi connectivity index (χ1n) is 3.22. The number of aromatic nitrogens is 1. The highest BCUT2D eigenvalue weighted by atomic mass is 19.4. The first kappa shape index (κ1) is 8.83. The van der Waals surface area contributed by atoms with Gasteiger partial charge in [0.05, 0.1) is 6.42 Å². The standard InChI is InChI=1S/C7H6F3NO/c8-7(9,10)4-5-3-6(12)1-2-11-5/h1-3H,4H2,(H,11,12). The summed E-state index contributed by atoms with van der Waals surface area (Å²) in [6, 6.07) is 2.10. The van der Waals surface area contributed by atoms with E-state index in [2.05, 4.69) is 4.98 Å². The second-order valence-electron chi connectivity index (χ2n) is 2.34. The fourth-order valence-electron chi connectivity index (χ4n) is 0.810. The first-order valence-corrected chi connectivity index (χ1v) is 3.22. The van der Waals surface area contributed by atoms with Crippen molar-refractivity contribution in [3.8, 4) is 0 Å². The van der Waals surface area contributed by atoms with Gasteiger partial charge in [-0.05, 0) is 0 Å². The Balaban J connectivity index is 2.84. The number of aromatic amines is 1. The Hall–Kier alpha value is -1.26. The van der Waals surface area contributed by atoms with Crippen LogP contribution in [0.25, 0.3) is 0 Å². The predicted molar refractivity (Wildman–Crippen MR) is 36.8 cm³/mol. The van der Waals surface area contributed by atoms with Crippen molar-refractivity contribution in [1.29, 1.82) is 0 Å². The molecule has 5 heteroatoms. The molecule has 0 spiro atoms. The van der Waals surface area contributed by atoms with Gasteiger partial charge in [0.25, 0.3) is 0 Å². The van der Waals surface area contributed by atoms with Gasteiger partial charge in [-0.2, -0.15) is 13.2 Å². The molecule has 66 valence electrons. The number of nitrogens with one attached hydrogen (secondary N) is 1. The maximum absolute atomic E-state index is 11.8. The van der Waals surface area contributed by atoms with E-state index in [1.807, 2.05) is 0 Å². The molecule has 0 saturated heterocycles. The van der Waals surface area contributed by atoms with Gasteiger partial charge in [0.1, 0.15) is 0 Å². The maximum atomic E-state index is 11.8. The maximum Gasteiger partial charge on any atom is 0.394 e. The van der Waals surface area contributed by atoms with E-state index in [1.54, 1.807) is 0 Å². The summed E-state index contributed by atoms with van der Waals surface area (Å²) in [5, 5.41) is 0. The van der Waals surface area contributed by atoms with Crippen molar-refractivity contribution in [3.63, 3.8) is 0 Å². The van der Waals surface area contributed by atoms with Crippen molar-refractivity contribution >= 4 is 0 Å². The summed E-state index contributed by atoms with van der Waals surface area (Å²) in [4.78, 5) is 12.9. The lowest BCUT2D eigenvalue weighted by atomic mass is 10.2. The molecular formula is C7H6F3NO. The van der Waals surface area contributed by atoms with Gasteiger partial charge in [-0.15, -0.1) is 0 Å². The molecule has 1 N–H and O–H groups in total. The van der Waals surface area contributed by atoms with Crippen LogP contribution in [0.4, 0.5) is 13.2 Å². The topological polar surface area (TPSA) is 32.9 Å². The van der Waals surface area contributed by atoms with Gasteiger partial charge >= 0.3 is 6.18 Å². The lowest BCUT2D eigenvalue weighted by molar-refractivity contribution is -0.127. The predicted octanol–water partition coefficient (Wildman–Crippen LogP) is 1.48. The molecule has 1 heterocycles. The average Bonchev–Trinajstić information content (AvgIpc) is 1.82. The third kappa shape index (κ3) is 2.77. The van der Waals surface area contributed by atoms with Gasteiger partial charge in [-0.1, -0.05) is 0 Å². The summed E-state index contributed by atoms with van der Waals surface area (Å²) in [6.45, 7) is 0. The summed E-state index contributed by atoms with van der Waals surface area (Å²) in [6.07, 6.45) is -4.17. The van der Waals surface area contributed by atoms with Crippen LogP contribution in [0.2, 0.25) is 0 Å². The molecule has 0 aliphatic carbocycles. The molecule has 2 nitrogen and oxygen atoms in total. The number of alkyl halides is 3. The fourth-order valence-corrected chi connectivity index (χ4v) is 0.810. The highest BCUT2D eigenvalue weighted by molar-refractivity contribution is 5.05. The van der Waals surface area contributed by atoms with Crippen LogP contribution in [0.1, 0.15) is 5.69 Å². The lowest BCUT2D eigenvalue weighted by Gasteiger charge is -2.04. The van der Waals surface area contributed by atoms with E-state index < -0.39 is 18.0 Å². The van der Waals surface area contributed by atoms with Crippen LogP contribution >= 0.6 is 0 Å². The van der Waals surface area contributed by atoms with Crippen molar-refractivity contribution in [2.24, 2.45) is 0 Å².